The van der Waals surface area contributed by atoms with Crippen LogP contribution >= 0.6 is 32.9 Å². The van der Waals surface area contributed by atoms with Crippen LogP contribution in [0, 0.1) is 0 Å². The average molecular weight is 244 g/mol. The fourth-order valence-corrected chi connectivity index (χ4v) is 0.498. The lowest BCUT2D eigenvalue weighted by Crippen LogP contribution is -1.72. The van der Waals surface area contributed by atoms with Gasteiger partial charge in [0.1, 0.15) is 0 Å². The molecule has 0 saturated heterocycles. The first-order chi connectivity index (χ1) is 3.43. The Labute approximate surface area is 65.4 Å². The first-order valence-electron chi connectivity index (χ1n) is 1.74. The van der Waals surface area contributed by atoms with Crippen molar-refractivity contribution < 1.29 is 4.42 Å². The largest absolute Gasteiger partial charge is 0.427 e. The van der Waals surface area contributed by atoms with Crippen LogP contribution in [0.1, 0.15) is 5.89 Å². The van der Waals surface area contributed by atoms with E-state index < -0.39 is 0 Å². The van der Waals surface area contributed by atoms with Crippen molar-refractivity contribution in [2.45, 2.75) is 5.33 Å². The fraction of sp³-hybridized carbons (Fsp3) is 0.333. The van der Waals surface area contributed by atoms with Crippen LogP contribution in [0.15, 0.2) is 10.8 Å². The highest BCUT2D eigenvalue weighted by Crippen LogP contribution is 1.96. The predicted octanol–water partition coefficient (Wildman–Crippen LogP) is 1.54. The molecule has 0 bridgehead atoms. The van der Waals surface area contributed by atoms with Gasteiger partial charge in [0.2, 0.25) is 12.3 Å². The smallest absolute Gasteiger partial charge is 0.226 e. The van der Waals surface area contributed by atoms with Gasteiger partial charge in [-0.15, -0.1) is 27.2 Å². The summed E-state index contributed by atoms with van der Waals surface area (Å²) in [5.74, 6) is 0.611. The van der Waals surface area contributed by atoms with Crippen LogP contribution in [0.4, 0.5) is 0 Å². The molecule has 46 valence electrons. The van der Waals surface area contributed by atoms with E-state index in [2.05, 4.69) is 26.1 Å². The molecule has 0 aliphatic carbocycles. The van der Waals surface area contributed by atoms with Crippen molar-refractivity contribution in [2.24, 2.45) is 0 Å². The number of aromatic nitrogens is 2. The standard InChI is InChI=1S/C3H3BrN2O.BrH/c4-1-3-6-5-2-7-3;/h2H,1H2;1H. The highest BCUT2D eigenvalue weighted by atomic mass is 79.9. The summed E-state index contributed by atoms with van der Waals surface area (Å²) in [5, 5.41) is 7.65. The van der Waals surface area contributed by atoms with Crippen LogP contribution in [0.25, 0.3) is 0 Å². The highest BCUT2D eigenvalue weighted by Gasteiger charge is 1.89. The van der Waals surface area contributed by atoms with Gasteiger partial charge in [-0.25, -0.2) is 0 Å². The molecule has 0 amide bonds. The summed E-state index contributed by atoms with van der Waals surface area (Å²) in [5.41, 5.74) is 0. The minimum absolute atomic E-state index is 0. The van der Waals surface area contributed by atoms with Crippen molar-refractivity contribution in [3.63, 3.8) is 0 Å². The van der Waals surface area contributed by atoms with Gasteiger partial charge in [-0.3, -0.25) is 0 Å². The summed E-state index contributed by atoms with van der Waals surface area (Å²) in [6, 6.07) is 0. The molecule has 1 aromatic rings. The monoisotopic (exact) mass is 242 g/mol. The van der Waals surface area contributed by atoms with Crippen LogP contribution < -0.4 is 0 Å². The van der Waals surface area contributed by atoms with Crippen LogP contribution in [0.5, 0.6) is 0 Å². The summed E-state index contributed by atoms with van der Waals surface area (Å²) in [6.07, 6.45) is 1.30. The molecule has 1 aromatic heterocycles. The third-order valence-corrected chi connectivity index (χ3v) is 0.999. The number of alkyl halides is 1. The molecule has 8 heavy (non-hydrogen) atoms. The van der Waals surface area contributed by atoms with Gasteiger partial charge in [0.25, 0.3) is 0 Å². The van der Waals surface area contributed by atoms with Gasteiger partial charge in [0, 0.05) is 0 Å². The molecule has 0 radical (unpaired) electrons. The molecule has 0 saturated carbocycles. The molecule has 0 aliphatic rings. The van der Waals surface area contributed by atoms with E-state index >= 15 is 0 Å². The van der Waals surface area contributed by atoms with Gasteiger partial charge in [-0.05, 0) is 0 Å². The van der Waals surface area contributed by atoms with Gasteiger partial charge >= 0.3 is 0 Å². The first-order valence-corrected chi connectivity index (χ1v) is 2.86. The molecule has 0 atom stereocenters. The van der Waals surface area contributed by atoms with Crippen LogP contribution in [0.3, 0.4) is 0 Å². The minimum atomic E-state index is 0. The second-order valence-corrected chi connectivity index (χ2v) is 1.53. The second kappa shape index (κ2) is 4.03. The summed E-state index contributed by atoms with van der Waals surface area (Å²) in [7, 11) is 0. The number of hydrogen-bond acceptors (Lipinski definition) is 3. The molecular weight excluding hydrogens is 240 g/mol. The molecular formula is C3H4Br2N2O. The quantitative estimate of drug-likeness (QED) is 0.703. The zero-order valence-electron chi connectivity index (χ0n) is 3.87. The maximum Gasteiger partial charge on any atom is 0.226 e. The van der Waals surface area contributed by atoms with Crippen molar-refractivity contribution >= 4 is 32.9 Å². The zero-order valence-corrected chi connectivity index (χ0v) is 7.17. The van der Waals surface area contributed by atoms with Crippen molar-refractivity contribution in [1.82, 2.24) is 10.2 Å². The molecule has 0 N–H and O–H groups in total. The van der Waals surface area contributed by atoms with E-state index in [1.807, 2.05) is 0 Å². The van der Waals surface area contributed by atoms with E-state index in [0.717, 1.165) is 0 Å². The summed E-state index contributed by atoms with van der Waals surface area (Å²) >= 11 is 3.14. The van der Waals surface area contributed by atoms with E-state index in [1.165, 1.54) is 6.39 Å². The van der Waals surface area contributed by atoms with Crippen LogP contribution in [-0.4, -0.2) is 10.2 Å². The highest BCUT2D eigenvalue weighted by molar-refractivity contribution is 9.08. The molecule has 0 aliphatic heterocycles. The van der Waals surface area contributed by atoms with Crippen LogP contribution in [0.2, 0.25) is 0 Å². The van der Waals surface area contributed by atoms with Gasteiger partial charge < -0.3 is 4.42 Å². The van der Waals surface area contributed by atoms with Gasteiger partial charge in [0.05, 0.1) is 5.33 Å². The molecule has 0 spiro atoms. The molecule has 1 heterocycles. The Morgan fingerprint density at radius 2 is 2.50 bits per heavy atom. The van der Waals surface area contributed by atoms with Gasteiger partial charge in [0.15, 0.2) is 0 Å². The van der Waals surface area contributed by atoms with Gasteiger partial charge in [-0.1, -0.05) is 15.9 Å². The molecule has 3 nitrogen and oxygen atoms in total. The summed E-state index contributed by atoms with van der Waals surface area (Å²) in [4.78, 5) is 0. The molecule has 0 fully saturated rings. The zero-order chi connectivity index (χ0) is 5.11. The Kier molecular flexibility index (Phi) is 4.08. The maximum absolute atomic E-state index is 4.71. The van der Waals surface area contributed by atoms with E-state index in [-0.39, 0.29) is 17.0 Å². The number of hydrogen-bond donors (Lipinski definition) is 0. The second-order valence-electron chi connectivity index (χ2n) is 0.966. The normalized spacial score (nSPS) is 8.12. The molecule has 0 aromatic carbocycles. The van der Waals surface area contributed by atoms with Crippen molar-refractivity contribution in [3.05, 3.63) is 12.3 Å². The van der Waals surface area contributed by atoms with Gasteiger partial charge in [-0.2, -0.15) is 0 Å². The average Bonchev–Trinajstić information content (AvgIpc) is 2.14. The molecule has 0 unspecified atom stereocenters. The number of rotatable bonds is 1. The minimum Gasteiger partial charge on any atom is -0.427 e. The van der Waals surface area contributed by atoms with Crippen molar-refractivity contribution in [1.29, 1.82) is 0 Å². The lowest BCUT2D eigenvalue weighted by Gasteiger charge is -1.73. The van der Waals surface area contributed by atoms with E-state index in [4.69, 9.17) is 4.42 Å². The lowest BCUT2D eigenvalue weighted by atomic mass is 10.8. The first kappa shape index (κ1) is 8.10. The third-order valence-electron chi connectivity index (χ3n) is 0.519. The summed E-state index contributed by atoms with van der Waals surface area (Å²) in [6.45, 7) is 0. The molecule has 5 heteroatoms. The Hall–Kier alpha value is 0.1000. The predicted molar refractivity (Wildman–Crippen MR) is 37.3 cm³/mol. The summed E-state index contributed by atoms with van der Waals surface area (Å²) < 4.78 is 4.71. The fourth-order valence-electron chi connectivity index (χ4n) is 0.254. The Balaban J connectivity index is 0.000000490. The van der Waals surface area contributed by atoms with E-state index in [1.54, 1.807) is 0 Å². The maximum atomic E-state index is 4.71. The SMILES string of the molecule is Br.BrCc1nnco1. The number of nitrogens with zero attached hydrogens (tertiary/aromatic N) is 2. The Morgan fingerprint density at radius 1 is 1.75 bits per heavy atom. The topological polar surface area (TPSA) is 38.9 Å². The van der Waals surface area contributed by atoms with Crippen LogP contribution in [-0.2, 0) is 5.33 Å². The van der Waals surface area contributed by atoms with Crippen molar-refractivity contribution in [3.8, 4) is 0 Å². The van der Waals surface area contributed by atoms with E-state index in [0.29, 0.717) is 11.2 Å². The third kappa shape index (κ3) is 1.92. The lowest BCUT2D eigenvalue weighted by molar-refractivity contribution is 0.516. The van der Waals surface area contributed by atoms with Crippen molar-refractivity contribution in [2.75, 3.05) is 0 Å². The molecule has 1 rings (SSSR count). The van der Waals surface area contributed by atoms with E-state index in [9.17, 15) is 0 Å². The Bertz CT molecular complexity index is 130. The number of halogens is 2. The Morgan fingerprint density at radius 3 is 2.75 bits per heavy atom.